The van der Waals surface area contributed by atoms with Crippen LogP contribution in [0.2, 0.25) is 0 Å². The summed E-state index contributed by atoms with van der Waals surface area (Å²) in [7, 11) is 0. The number of aromatic nitrogens is 1. The summed E-state index contributed by atoms with van der Waals surface area (Å²) < 4.78 is 21.7. The van der Waals surface area contributed by atoms with Crippen molar-refractivity contribution >= 4 is 94.8 Å². The van der Waals surface area contributed by atoms with Gasteiger partial charge in [-0.05, 0) is 65.2 Å². The lowest BCUT2D eigenvalue weighted by atomic mass is 9.96. The van der Waals surface area contributed by atoms with E-state index in [-0.39, 0.29) is 5.84 Å². The van der Waals surface area contributed by atoms with Crippen molar-refractivity contribution in [1.29, 1.82) is 5.41 Å². The standard InChI is InChI=1S/C51H34N2O3.C7H8N2/c1-2-3-13-40-49(31-53-42-18-7-4-14-36(42)37-15-5-8-19-43(37)53)56-47-22-11-17-35(51(40)47)33-24-26-45-41(28-33)50-34(12-10-21-46(50)54-45)30-52-29-32-23-25-39-38-16-6-9-20-44(38)55-48(39)27-32;8-7(9)6-4-2-1-3-5-6/h2-28,30H,1,29,31H2;1-5H,(H3,8,9)/b13-3-,52-30?;. The van der Waals surface area contributed by atoms with Gasteiger partial charge in [0.2, 0.25) is 0 Å². The number of nitrogens with zero attached hydrogens (tertiary/aromatic N) is 2. The monoisotopic (exact) mass is 842 g/mol. The molecule has 0 atom stereocenters. The lowest BCUT2D eigenvalue weighted by molar-refractivity contribution is 0.535. The summed E-state index contributed by atoms with van der Waals surface area (Å²) in [6.45, 7) is 5.10. The maximum Gasteiger partial charge on any atom is 0.136 e. The van der Waals surface area contributed by atoms with Crippen LogP contribution in [0.25, 0.3) is 93.9 Å². The minimum atomic E-state index is 0.121. The van der Waals surface area contributed by atoms with Crippen LogP contribution in [0.3, 0.4) is 0 Å². The number of amidine groups is 1. The average molecular weight is 843 g/mol. The Morgan fingerprint density at radius 3 is 1.98 bits per heavy atom. The number of allylic oxidation sites excluding steroid dienone is 2. The Morgan fingerprint density at radius 1 is 0.585 bits per heavy atom. The van der Waals surface area contributed by atoms with Gasteiger partial charge in [-0.3, -0.25) is 10.4 Å². The molecule has 7 nitrogen and oxygen atoms in total. The molecule has 0 spiro atoms. The molecule has 4 aromatic heterocycles. The van der Waals surface area contributed by atoms with Gasteiger partial charge in [0.05, 0.1) is 13.1 Å². The third-order valence-electron chi connectivity index (χ3n) is 12.1. The van der Waals surface area contributed by atoms with E-state index in [4.69, 9.17) is 29.4 Å². The number of nitrogens with one attached hydrogen (secondary N) is 1. The van der Waals surface area contributed by atoms with Crippen molar-refractivity contribution in [3.63, 3.8) is 0 Å². The van der Waals surface area contributed by atoms with Crippen LogP contribution < -0.4 is 5.73 Å². The second-order valence-electron chi connectivity index (χ2n) is 16.0. The Balaban J connectivity index is 0.000000468. The lowest BCUT2D eigenvalue weighted by Gasteiger charge is -2.08. The first-order valence-electron chi connectivity index (χ1n) is 21.6. The van der Waals surface area contributed by atoms with Crippen LogP contribution in [-0.4, -0.2) is 16.6 Å². The van der Waals surface area contributed by atoms with Gasteiger partial charge in [-0.15, -0.1) is 0 Å². The van der Waals surface area contributed by atoms with E-state index in [1.165, 1.54) is 21.8 Å². The number of aliphatic imine (C=N–C) groups is 1. The van der Waals surface area contributed by atoms with Crippen molar-refractivity contribution < 1.29 is 13.3 Å². The molecule has 0 aliphatic heterocycles. The van der Waals surface area contributed by atoms with Crippen LogP contribution in [0.4, 0.5) is 0 Å². The zero-order chi connectivity index (χ0) is 43.9. The van der Waals surface area contributed by atoms with Gasteiger partial charge >= 0.3 is 0 Å². The first-order chi connectivity index (χ1) is 32.0. The minimum absolute atomic E-state index is 0.121. The van der Waals surface area contributed by atoms with Crippen molar-refractivity contribution in [2.75, 3.05) is 0 Å². The minimum Gasteiger partial charge on any atom is -0.458 e. The van der Waals surface area contributed by atoms with Crippen LogP contribution in [0.1, 0.15) is 28.0 Å². The van der Waals surface area contributed by atoms with Crippen molar-refractivity contribution in [3.8, 4) is 11.1 Å². The fourth-order valence-corrected chi connectivity index (χ4v) is 9.10. The van der Waals surface area contributed by atoms with Crippen molar-refractivity contribution in [1.82, 2.24) is 4.57 Å². The lowest BCUT2D eigenvalue weighted by Crippen LogP contribution is -2.10. The highest BCUT2D eigenvalue weighted by molar-refractivity contribution is 6.15. The third-order valence-corrected chi connectivity index (χ3v) is 12.1. The van der Waals surface area contributed by atoms with E-state index in [9.17, 15) is 0 Å². The van der Waals surface area contributed by atoms with Crippen molar-refractivity contribution in [3.05, 3.63) is 223 Å². The first-order valence-corrected chi connectivity index (χ1v) is 21.6. The van der Waals surface area contributed by atoms with E-state index < -0.39 is 0 Å². The Morgan fingerprint density at radius 2 is 1.23 bits per heavy atom. The molecule has 0 aliphatic carbocycles. The fourth-order valence-electron chi connectivity index (χ4n) is 9.10. The van der Waals surface area contributed by atoms with E-state index in [2.05, 4.69) is 132 Å². The summed E-state index contributed by atoms with van der Waals surface area (Å²) in [5, 5.41) is 14.9. The van der Waals surface area contributed by atoms with Crippen molar-refractivity contribution in [2.24, 2.45) is 10.7 Å². The normalized spacial score (nSPS) is 11.9. The largest absolute Gasteiger partial charge is 0.458 e. The molecule has 8 aromatic carbocycles. The highest BCUT2D eigenvalue weighted by atomic mass is 16.3. The predicted molar refractivity (Wildman–Crippen MR) is 269 cm³/mol. The number of nitrogens with two attached hydrogens (primary N) is 1. The van der Waals surface area contributed by atoms with Gasteiger partial charge in [0.15, 0.2) is 0 Å². The smallest absolute Gasteiger partial charge is 0.136 e. The maximum atomic E-state index is 7.01. The van der Waals surface area contributed by atoms with Crippen LogP contribution in [0, 0.1) is 5.41 Å². The van der Waals surface area contributed by atoms with Gasteiger partial charge in [0, 0.05) is 71.6 Å². The Bertz CT molecular complexity index is 3790. The highest BCUT2D eigenvalue weighted by Crippen LogP contribution is 2.40. The van der Waals surface area contributed by atoms with Crippen molar-refractivity contribution in [2.45, 2.75) is 13.1 Å². The molecule has 0 bridgehead atoms. The molecule has 4 heterocycles. The maximum absolute atomic E-state index is 7.01. The van der Waals surface area contributed by atoms with E-state index in [0.717, 1.165) is 94.0 Å². The quantitative estimate of drug-likeness (QED) is 0.0857. The molecule has 0 saturated heterocycles. The van der Waals surface area contributed by atoms with Gasteiger partial charge in [-0.2, -0.15) is 0 Å². The third kappa shape index (κ3) is 7.15. The number of furan rings is 3. The zero-order valence-corrected chi connectivity index (χ0v) is 35.4. The Labute approximate surface area is 374 Å². The van der Waals surface area contributed by atoms with Gasteiger partial charge < -0.3 is 23.6 Å². The Hall–Kier alpha value is -8.68. The van der Waals surface area contributed by atoms with Gasteiger partial charge in [-0.1, -0.05) is 152 Å². The number of hydrogen-bond acceptors (Lipinski definition) is 5. The molecule has 7 heteroatoms. The van der Waals surface area contributed by atoms with Gasteiger partial charge in [0.1, 0.15) is 39.5 Å². The molecule has 312 valence electrons. The van der Waals surface area contributed by atoms with Crippen LogP contribution in [-0.2, 0) is 13.1 Å². The van der Waals surface area contributed by atoms with Gasteiger partial charge in [-0.25, -0.2) is 0 Å². The molecular formula is C58H42N4O3. The molecule has 12 aromatic rings. The molecule has 0 saturated carbocycles. The molecule has 0 amide bonds. The predicted octanol–water partition coefficient (Wildman–Crippen LogP) is 14.8. The second-order valence-corrected chi connectivity index (χ2v) is 16.0. The van der Waals surface area contributed by atoms with E-state index in [1.807, 2.05) is 79.0 Å². The number of nitrogen functional groups attached to an aromatic ring is 1. The zero-order valence-electron chi connectivity index (χ0n) is 35.4. The molecule has 3 N–H and O–H groups in total. The van der Waals surface area contributed by atoms with Crippen LogP contribution >= 0.6 is 0 Å². The Kier molecular flexibility index (Phi) is 9.98. The topological polar surface area (TPSA) is 107 Å². The fraction of sp³-hybridized carbons (Fsp3) is 0.0345. The molecule has 0 unspecified atom stereocenters. The molecule has 0 aliphatic rings. The van der Waals surface area contributed by atoms with Crippen LogP contribution in [0.5, 0.6) is 0 Å². The van der Waals surface area contributed by atoms with Gasteiger partial charge in [0.25, 0.3) is 0 Å². The summed E-state index contributed by atoms with van der Waals surface area (Å²) in [6.07, 6.45) is 7.89. The number of rotatable bonds is 9. The van der Waals surface area contributed by atoms with E-state index in [0.29, 0.717) is 13.1 Å². The molecule has 12 rings (SSSR count). The summed E-state index contributed by atoms with van der Waals surface area (Å²) in [6, 6.07) is 59.8. The molecule has 0 fully saturated rings. The number of para-hydroxylation sites is 3. The number of hydrogen-bond donors (Lipinski definition) is 2. The summed E-state index contributed by atoms with van der Waals surface area (Å²) in [5.74, 6) is 1.01. The number of benzene rings is 8. The summed E-state index contributed by atoms with van der Waals surface area (Å²) in [4.78, 5) is 4.90. The van der Waals surface area contributed by atoms with Crippen LogP contribution in [0.15, 0.2) is 213 Å². The SMILES string of the molecule is C=C/C=C\c1c(Cn2c3ccccc3c3ccccc32)oc2cccc(-c3ccc4oc5cccc(C=NCc6ccc7c(c6)oc6ccccc67)c5c4c3)c12.N=C(N)c1ccccc1. The molecular weight excluding hydrogens is 801 g/mol. The first kappa shape index (κ1) is 39.2. The van der Waals surface area contributed by atoms with E-state index >= 15 is 0 Å². The highest BCUT2D eigenvalue weighted by Gasteiger charge is 2.20. The van der Waals surface area contributed by atoms with E-state index in [1.54, 1.807) is 0 Å². The summed E-state index contributed by atoms with van der Waals surface area (Å²) >= 11 is 0. The molecule has 0 radical (unpaired) electrons. The summed E-state index contributed by atoms with van der Waals surface area (Å²) in [5.41, 5.74) is 17.9. The average Bonchev–Trinajstić information content (AvgIpc) is 4.10. The second kappa shape index (κ2) is 16.5. The number of fused-ring (bicyclic) bond motifs is 10. The molecule has 65 heavy (non-hydrogen) atoms.